The van der Waals surface area contributed by atoms with E-state index in [1.54, 1.807) is 0 Å². The average Bonchev–Trinajstić information content (AvgIpc) is 2.31. The normalized spacial score (nSPS) is 22.6. The van der Waals surface area contributed by atoms with Crippen LogP contribution in [-0.4, -0.2) is 37.1 Å². The fraction of sp³-hybridized carbons (Fsp3) is 0.923. The van der Waals surface area contributed by atoms with Gasteiger partial charge in [-0.05, 0) is 65.2 Å². The Morgan fingerprint density at radius 3 is 2.56 bits per heavy atom. The first-order valence-corrected chi connectivity index (χ1v) is 6.42. The van der Waals surface area contributed by atoms with Crippen molar-refractivity contribution in [3.05, 3.63) is 0 Å². The highest BCUT2D eigenvalue weighted by Gasteiger charge is 2.21. The van der Waals surface area contributed by atoms with Crippen LogP contribution in [0.4, 0.5) is 0 Å². The van der Waals surface area contributed by atoms with Crippen molar-refractivity contribution in [2.45, 2.75) is 45.1 Å². The molecule has 16 heavy (non-hydrogen) atoms. The molecule has 3 nitrogen and oxygen atoms in total. The van der Waals surface area contributed by atoms with Crippen LogP contribution < -0.4 is 5.32 Å². The van der Waals surface area contributed by atoms with E-state index in [-0.39, 0.29) is 5.54 Å². The zero-order chi connectivity index (χ0) is 12.0. The Balaban J connectivity index is 2.18. The molecule has 0 saturated carbocycles. The standard InChI is InChI=1S/C13H25N3/c1-12-5-9-16(10-6-12)8-4-7-13(2,11-14)15-3/h12,15H,4-10H2,1-3H3. The third-order valence-corrected chi connectivity index (χ3v) is 3.83. The van der Waals surface area contributed by atoms with Crippen LogP contribution in [0.3, 0.4) is 0 Å². The predicted octanol–water partition coefficient (Wildman–Crippen LogP) is 2.00. The Labute approximate surface area is 99.8 Å². The summed E-state index contributed by atoms with van der Waals surface area (Å²) in [5, 5.41) is 12.1. The van der Waals surface area contributed by atoms with E-state index < -0.39 is 0 Å². The van der Waals surface area contributed by atoms with Gasteiger partial charge in [0.2, 0.25) is 0 Å². The molecule has 1 heterocycles. The van der Waals surface area contributed by atoms with E-state index in [2.05, 4.69) is 23.2 Å². The van der Waals surface area contributed by atoms with Gasteiger partial charge in [0, 0.05) is 0 Å². The molecule has 1 unspecified atom stereocenters. The molecule has 1 N–H and O–H groups in total. The van der Waals surface area contributed by atoms with Gasteiger partial charge < -0.3 is 10.2 Å². The van der Waals surface area contributed by atoms with Crippen molar-refractivity contribution in [3.8, 4) is 6.07 Å². The van der Waals surface area contributed by atoms with Gasteiger partial charge in [0.1, 0.15) is 5.54 Å². The second kappa shape index (κ2) is 6.22. The Bertz CT molecular complexity index is 238. The monoisotopic (exact) mass is 223 g/mol. The number of nitrogens with zero attached hydrogens (tertiary/aromatic N) is 2. The summed E-state index contributed by atoms with van der Waals surface area (Å²) in [4.78, 5) is 2.54. The molecule has 1 saturated heterocycles. The molecule has 0 aromatic carbocycles. The molecular weight excluding hydrogens is 198 g/mol. The molecule has 0 aliphatic carbocycles. The van der Waals surface area contributed by atoms with E-state index in [1.807, 2.05) is 14.0 Å². The Kier molecular flexibility index (Phi) is 5.24. The van der Waals surface area contributed by atoms with Gasteiger partial charge in [-0.1, -0.05) is 6.92 Å². The van der Waals surface area contributed by atoms with Gasteiger partial charge >= 0.3 is 0 Å². The molecule has 0 aromatic heterocycles. The smallest absolute Gasteiger partial charge is 0.103 e. The van der Waals surface area contributed by atoms with Gasteiger partial charge in [0.15, 0.2) is 0 Å². The van der Waals surface area contributed by atoms with Gasteiger partial charge in [0.25, 0.3) is 0 Å². The Hall–Kier alpha value is -0.590. The van der Waals surface area contributed by atoms with E-state index in [9.17, 15) is 0 Å². The van der Waals surface area contributed by atoms with Gasteiger partial charge in [-0.3, -0.25) is 0 Å². The Morgan fingerprint density at radius 1 is 1.44 bits per heavy atom. The summed E-state index contributed by atoms with van der Waals surface area (Å²) in [7, 11) is 1.87. The first-order valence-electron chi connectivity index (χ1n) is 6.42. The Morgan fingerprint density at radius 2 is 2.06 bits per heavy atom. The number of nitrogens with one attached hydrogen (secondary N) is 1. The summed E-state index contributed by atoms with van der Waals surface area (Å²) in [5.74, 6) is 0.901. The molecule has 0 spiro atoms. The van der Waals surface area contributed by atoms with Crippen LogP contribution in [-0.2, 0) is 0 Å². The summed E-state index contributed by atoms with van der Waals surface area (Å²) in [6, 6.07) is 2.34. The number of hydrogen-bond acceptors (Lipinski definition) is 3. The molecule has 1 rings (SSSR count). The van der Waals surface area contributed by atoms with Crippen LogP contribution in [0.2, 0.25) is 0 Å². The van der Waals surface area contributed by atoms with Crippen molar-refractivity contribution < 1.29 is 0 Å². The number of nitriles is 1. The van der Waals surface area contributed by atoms with Crippen LogP contribution in [0, 0.1) is 17.2 Å². The number of rotatable bonds is 5. The highest BCUT2D eigenvalue weighted by atomic mass is 15.1. The average molecular weight is 223 g/mol. The van der Waals surface area contributed by atoms with Crippen molar-refractivity contribution in [2.24, 2.45) is 5.92 Å². The fourth-order valence-electron chi connectivity index (χ4n) is 2.18. The second-order valence-corrected chi connectivity index (χ2v) is 5.32. The van der Waals surface area contributed by atoms with Crippen molar-refractivity contribution in [1.82, 2.24) is 10.2 Å². The largest absolute Gasteiger partial charge is 0.303 e. The summed E-state index contributed by atoms with van der Waals surface area (Å²) < 4.78 is 0. The van der Waals surface area contributed by atoms with Crippen LogP contribution in [0.1, 0.15) is 39.5 Å². The van der Waals surface area contributed by atoms with Crippen molar-refractivity contribution in [2.75, 3.05) is 26.7 Å². The highest BCUT2D eigenvalue weighted by molar-refractivity contribution is 5.02. The van der Waals surface area contributed by atoms with Crippen LogP contribution in [0.25, 0.3) is 0 Å². The van der Waals surface area contributed by atoms with Crippen molar-refractivity contribution >= 4 is 0 Å². The molecule has 1 fully saturated rings. The molecular formula is C13H25N3. The lowest BCUT2D eigenvalue weighted by Crippen LogP contribution is -2.39. The molecule has 0 amide bonds. The molecule has 1 aliphatic heterocycles. The molecule has 1 aliphatic rings. The minimum atomic E-state index is -0.344. The number of likely N-dealkylation sites (tertiary alicyclic amines) is 1. The summed E-state index contributed by atoms with van der Waals surface area (Å²) in [6.07, 6.45) is 4.72. The SMILES string of the molecule is CNC(C)(C#N)CCCN1CCC(C)CC1. The zero-order valence-corrected chi connectivity index (χ0v) is 10.9. The summed E-state index contributed by atoms with van der Waals surface area (Å²) in [5.41, 5.74) is -0.344. The quantitative estimate of drug-likeness (QED) is 0.775. The predicted molar refractivity (Wildman–Crippen MR) is 67.1 cm³/mol. The molecule has 0 radical (unpaired) electrons. The van der Waals surface area contributed by atoms with Crippen LogP contribution in [0.15, 0.2) is 0 Å². The van der Waals surface area contributed by atoms with Crippen LogP contribution in [0.5, 0.6) is 0 Å². The lowest BCUT2D eigenvalue weighted by molar-refractivity contribution is 0.186. The van der Waals surface area contributed by atoms with Gasteiger partial charge in [-0.2, -0.15) is 5.26 Å². The van der Waals surface area contributed by atoms with Crippen molar-refractivity contribution in [3.63, 3.8) is 0 Å². The van der Waals surface area contributed by atoms with E-state index in [0.29, 0.717) is 0 Å². The van der Waals surface area contributed by atoms with Crippen LogP contribution >= 0.6 is 0 Å². The second-order valence-electron chi connectivity index (χ2n) is 5.32. The lowest BCUT2D eigenvalue weighted by atomic mass is 9.96. The summed E-state index contributed by atoms with van der Waals surface area (Å²) >= 11 is 0. The van der Waals surface area contributed by atoms with Gasteiger partial charge in [-0.15, -0.1) is 0 Å². The maximum Gasteiger partial charge on any atom is 0.103 e. The van der Waals surface area contributed by atoms with E-state index in [0.717, 1.165) is 25.3 Å². The first-order chi connectivity index (χ1) is 7.59. The maximum atomic E-state index is 9.03. The maximum absolute atomic E-state index is 9.03. The van der Waals surface area contributed by atoms with Crippen molar-refractivity contribution in [1.29, 1.82) is 5.26 Å². The number of piperidine rings is 1. The number of hydrogen-bond donors (Lipinski definition) is 1. The lowest BCUT2D eigenvalue weighted by Gasteiger charge is -2.31. The molecule has 1 atom stereocenters. The molecule has 92 valence electrons. The van der Waals surface area contributed by atoms with Gasteiger partial charge in [0.05, 0.1) is 6.07 Å². The molecule has 3 heteroatoms. The fourth-order valence-corrected chi connectivity index (χ4v) is 2.18. The highest BCUT2D eigenvalue weighted by Crippen LogP contribution is 2.17. The first kappa shape index (κ1) is 13.5. The summed E-state index contributed by atoms with van der Waals surface area (Å²) in [6.45, 7) is 7.94. The van der Waals surface area contributed by atoms with E-state index >= 15 is 0 Å². The minimum Gasteiger partial charge on any atom is -0.303 e. The minimum absolute atomic E-state index is 0.344. The molecule has 0 bridgehead atoms. The third-order valence-electron chi connectivity index (χ3n) is 3.83. The van der Waals surface area contributed by atoms with E-state index in [1.165, 1.54) is 25.9 Å². The third kappa shape index (κ3) is 4.11. The topological polar surface area (TPSA) is 39.1 Å². The van der Waals surface area contributed by atoms with E-state index in [4.69, 9.17) is 5.26 Å². The van der Waals surface area contributed by atoms with Gasteiger partial charge in [-0.25, -0.2) is 0 Å². The molecule has 0 aromatic rings. The zero-order valence-electron chi connectivity index (χ0n) is 10.9.